The van der Waals surface area contributed by atoms with Crippen LogP contribution in [0.25, 0.3) is 0 Å². The fourth-order valence-corrected chi connectivity index (χ4v) is 2.79. The molecule has 40 heavy (non-hydrogen) atoms. The summed E-state index contributed by atoms with van der Waals surface area (Å²) in [6.07, 6.45) is -0.264. The first-order valence-corrected chi connectivity index (χ1v) is 13.3. The molecule has 1 atom stereocenters. The van der Waals surface area contributed by atoms with E-state index in [-0.39, 0.29) is 64.2 Å². The Bertz CT molecular complexity index is 738. The van der Waals surface area contributed by atoms with Crippen molar-refractivity contribution in [1.29, 1.82) is 0 Å². The Hall–Kier alpha value is -3.01. The number of methoxy groups -OCH3 is 2. The Morgan fingerprint density at radius 3 is 1.80 bits per heavy atom. The van der Waals surface area contributed by atoms with E-state index in [1.165, 1.54) is 7.11 Å². The smallest absolute Gasteiger partial charge is 0.407 e. The van der Waals surface area contributed by atoms with Crippen LogP contribution in [0.15, 0.2) is 0 Å². The minimum Gasteiger partial charge on any atom is -0.447 e. The van der Waals surface area contributed by atoms with Crippen molar-refractivity contribution in [2.75, 3.05) is 86.7 Å². The van der Waals surface area contributed by atoms with E-state index < -0.39 is 30.0 Å². The fraction of sp³-hybridized carbons (Fsp3) is 0.800. The number of carbonyl (C=O) groups excluding carboxylic acids is 5. The highest BCUT2D eigenvalue weighted by molar-refractivity contribution is 5.91. The van der Waals surface area contributed by atoms with Crippen LogP contribution in [0.4, 0.5) is 9.59 Å². The van der Waals surface area contributed by atoms with Crippen LogP contribution in [-0.4, -0.2) is 123 Å². The number of amides is 4. The standard InChI is InChI=1S/C25H46N4O11/c1-19(2)21(30)17-27-22(31)18-28-23(32)20(29-25(34)40-16-14-38-12-10-36-4)7-5-6-8-26-24(33)39-15-13-37-11-9-35-3/h19-20H,5-18H2,1-4H3,(H,26,33)(H,27,31)(H,28,32)(H,29,34). The van der Waals surface area contributed by atoms with Gasteiger partial charge in [0.25, 0.3) is 0 Å². The third kappa shape index (κ3) is 21.9. The van der Waals surface area contributed by atoms with Crippen LogP contribution in [0.5, 0.6) is 0 Å². The van der Waals surface area contributed by atoms with E-state index in [0.717, 1.165) is 0 Å². The van der Waals surface area contributed by atoms with Crippen LogP contribution < -0.4 is 21.3 Å². The molecular weight excluding hydrogens is 532 g/mol. The number of rotatable bonds is 24. The largest absolute Gasteiger partial charge is 0.447 e. The molecule has 0 radical (unpaired) electrons. The highest BCUT2D eigenvalue weighted by atomic mass is 16.6. The molecular formula is C25H46N4O11. The molecule has 0 saturated carbocycles. The van der Waals surface area contributed by atoms with Gasteiger partial charge in [-0.05, 0) is 19.3 Å². The lowest BCUT2D eigenvalue weighted by molar-refractivity contribution is -0.128. The lowest BCUT2D eigenvalue weighted by Crippen LogP contribution is -2.49. The van der Waals surface area contributed by atoms with Gasteiger partial charge in [0.05, 0.1) is 52.7 Å². The van der Waals surface area contributed by atoms with E-state index in [0.29, 0.717) is 39.3 Å². The van der Waals surface area contributed by atoms with Crippen molar-refractivity contribution in [3.8, 4) is 0 Å². The number of ketones is 1. The molecule has 0 aromatic rings. The number of ether oxygens (including phenoxy) is 6. The van der Waals surface area contributed by atoms with Gasteiger partial charge in [-0.25, -0.2) is 9.59 Å². The van der Waals surface area contributed by atoms with Crippen molar-refractivity contribution < 1.29 is 52.4 Å². The Morgan fingerprint density at radius 1 is 0.650 bits per heavy atom. The molecule has 0 spiro atoms. The SMILES string of the molecule is COCCOCCOC(=O)NCCCCC(NC(=O)OCCOCCOC)C(=O)NCC(=O)NCC(=O)C(C)C. The van der Waals surface area contributed by atoms with Gasteiger partial charge in [-0.2, -0.15) is 0 Å². The van der Waals surface area contributed by atoms with E-state index in [4.69, 9.17) is 28.4 Å². The van der Waals surface area contributed by atoms with Gasteiger partial charge in [0.1, 0.15) is 19.3 Å². The Labute approximate surface area is 235 Å². The van der Waals surface area contributed by atoms with Gasteiger partial charge in [-0.1, -0.05) is 13.8 Å². The first kappa shape index (κ1) is 37.0. The average molecular weight is 579 g/mol. The maximum absolute atomic E-state index is 12.7. The molecule has 15 heteroatoms. The summed E-state index contributed by atoms with van der Waals surface area (Å²) in [6.45, 7) is 5.31. The van der Waals surface area contributed by atoms with Gasteiger partial charge in [0.15, 0.2) is 5.78 Å². The lowest BCUT2D eigenvalue weighted by Gasteiger charge is -2.18. The maximum Gasteiger partial charge on any atom is 0.407 e. The highest BCUT2D eigenvalue weighted by Crippen LogP contribution is 2.02. The number of unbranched alkanes of at least 4 members (excludes halogenated alkanes) is 1. The normalized spacial score (nSPS) is 11.4. The lowest BCUT2D eigenvalue weighted by atomic mass is 10.1. The summed E-state index contributed by atoms with van der Waals surface area (Å²) in [7, 11) is 3.10. The van der Waals surface area contributed by atoms with Gasteiger partial charge in [-0.3, -0.25) is 14.4 Å². The van der Waals surface area contributed by atoms with Gasteiger partial charge in [-0.15, -0.1) is 0 Å². The average Bonchev–Trinajstić information content (AvgIpc) is 2.93. The summed E-state index contributed by atoms with van der Waals surface area (Å²) in [4.78, 5) is 60.3. The second kappa shape index (κ2) is 25.0. The van der Waals surface area contributed by atoms with Crippen LogP contribution >= 0.6 is 0 Å². The molecule has 0 aliphatic carbocycles. The van der Waals surface area contributed by atoms with E-state index in [2.05, 4.69) is 21.3 Å². The van der Waals surface area contributed by atoms with Crippen LogP contribution in [0.3, 0.4) is 0 Å². The third-order valence-electron chi connectivity index (χ3n) is 5.11. The molecule has 4 amide bonds. The summed E-state index contributed by atoms with van der Waals surface area (Å²) in [5, 5.41) is 9.97. The summed E-state index contributed by atoms with van der Waals surface area (Å²) in [5.41, 5.74) is 0. The maximum atomic E-state index is 12.7. The first-order chi connectivity index (χ1) is 19.2. The topological polar surface area (TPSA) is 189 Å². The third-order valence-corrected chi connectivity index (χ3v) is 5.11. The first-order valence-electron chi connectivity index (χ1n) is 13.3. The molecule has 0 fully saturated rings. The van der Waals surface area contributed by atoms with Gasteiger partial charge >= 0.3 is 12.2 Å². The zero-order chi connectivity index (χ0) is 30.0. The summed E-state index contributed by atoms with van der Waals surface area (Å²) in [6, 6.07) is -0.997. The number of hydrogen-bond acceptors (Lipinski definition) is 11. The minimum absolute atomic E-state index is 0.0281. The zero-order valence-electron chi connectivity index (χ0n) is 24.0. The van der Waals surface area contributed by atoms with E-state index >= 15 is 0 Å². The minimum atomic E-state index is -0.997. The number of hydrogen-bond donors (Lipinski definition) is 4. The van der Waals surface area contributed by atoms with Crippen molar-refractivity contribution in [3.63, 3.8) is 0 Å². The molecule has 0 aromatic carbocycles. The fourth-order valence-electron chi connectivity index (χ4n) is 2.79. The molecule has 4 N–H and O–H groups in total. The monoisotopic (exact) mass is 578 g/mol. The van der Waals surface area contributed by atoms with Crippen molar-refractivity contribution in [1.82, 2.24) is 21.3 Å². The van der Waals surface area contributed by atoms with Crippen molar-refractivity contribution in [3.05, 3.63) is 0 Å². The van der Waals surface area contributed by atoms with Gasteiger partial charge < -0.3 is 49.7 Å². The molecule has 0 rings (SSSR count). The predicted molar refractivity (Wildman–Crippen MR) is 143 cm³/mol. The van der Waals surface area contributed by atoms with Crippen molar-refractivity contribution >= 4 is 29.8 Å². The van der Waals surface area contributed by atoms with Crippen molar-refractivity contribution in [2.45, 2.75) is 39.2 Å². The number of alkyl carbamates (subject to hydrolysis) is 2. The molecule has 232 valence electrons. The molecule has 0 saturated heterocycles. The van der Waals surface area contributed by atoms with Crippen LogP contribution in [0.2, 0.25) is 0 Å². The van der Waals surface area contributed by atoms with E-state index in [1.807, 2.05) is 0 Å². The number of Topliss-reactive ketones (excluding diaryl/α,β-unsaturated/α-hetero) is 1. The molecule has 15 nitrogen and oxygen atoms in total. The Kier molecular flexibility index (Phi) is 23.1. The summed E-state index contributed by atoms with van der Waals surface area (Å²) < 4.78 is 30.1. The summed E-state index contributed by atoms with van der Waals surface area (Å²) >= 11 is 0. The van der Waals surface area contributed by atoms with Crippen LogP contribution in [0, 0.1) is 5.92 Å². The van der Waals surface area contributed by atoms with E-state index in [1.54, 1.807) is 21.0 Å². The second-order valence-electron chi connectivity index (χ2n) is 8.72. The number of nitrogens with one attached hydrogen (secondary N) is 4. The highest BCUT2D eigenvalue weighted by Gasteiger charge is 2.22. The summed E-state index contributed by atoms with van der Waals surface area (Å²) in [5.74, 6) is -1.50. The zero-order valence-corrected chi connectivity index (χ0v) is 24.0. The predicted octanol–water partition coefficient (Wildman–Crippen LogP) is -0.239. The molecule has 0 aromatic heterocycles. The quantitative estimate of drug-likeness (QED) is 0.111. The Balaban J connectivity index is 4.53. The second-order valence-corrected chi connectivity index (χ2v) is 8.72. The molecule has 0 aliphatic rings. The van der Waals surface area contributed by atoms with E-state index in [9.17, 15) is 24.0 Å². The molecule has 1 unspecified atom stereocenters. The van der Waals surface area contributed by atoms with Crippen molar-refractivity contribution in [2.24, 2.45) is 5.92 Å². The molecule has 0 heterocycles. The molecule has 0 bridgehead atoms. The molecule has 0 aliphatic heterocycles. The number of carbonyl (C=O) groups is 5. The Morgan fingerprint density at radius 2 is 1.23 bits per heavy atom. The van der Waals surface area contributed by atoms with Gasteiger partial charge in [0.2, 0.25) is 11.8 Å². The van der Waals surface area contributed by atoms with Crippen LogP contribution in [-0.2, 0) is 42.8 Å². The van der Waals surface area contributed by atoms with Gasteiger partial charge in [0, 0.05) is 26.7 Å². The van der Waals surface area contributed by atoms with Crippen LogP contribution in [0.1, 0.15) is 33.1 Å².